The zero-order valence-corrected chi connectivity index (χ0v) is 11.1. The summed E-state index contributed by atoms with van der Waals surface area (Å²) in [6.45, 7) is 1.98. The van der Waals surface area contributed by atoms with Crippen molar-refractivity contribution in [2.45, 2.75) is 6.54 Å². The molecular formula is C13H16N4O3. The van der Waals surface area contributed by atoms with Crippen LogP contribution in [0.4, 0.5) is 5.69 Å². The Balaban J connectivity index is 2.14. The van der Waals surface area contributed by atoms with E-state index in [-0.39, 0.29) is 5.69 Å². The molecule has 0 saturated heterocycles. The zero-order valence-electron chi connectivity index (χ0n) is 11.1. The molecule has 0 unspecified atom stereocenters. The highest BCUT2D eigenvalue weighted by atomic mass is 16.6. The van der Waals surface area contributed by atoms with Gasteiger partial charge in [0.25, 0.3) is 5.69 Å². The van der Waals surface area contributed by atoms with Crippen LogP contribution in [0.25, 0.3) is 11.3 Å². The molecule has 20 heavy (non-hydrogen) atoms. The molecule has 2 rings (SSSR count). The monoisotopic (exact) mass is 276 g/mol. The van der Waals surface area contributed by atoms with Gasteiger partial charge in [0, 0.05) is 43.5 Å². The molecule has 2 N–H and O–H groups in total. The largest absolute Gasteiger partial charge is 0.383 e. The minimum Gasteiger partial charge on any atom is -0.383 e. The van der Waals surface area contributed by atoms with Crippen LogP contribution in [0.1, 0.15) is 5.56 Å². The van der Waals surface area contributed by atoms with Crippen LogP contribution in [0.2, 0.25) is 0 Å². The second-order valence-corrected chi connectivity index (χ2v) is 4.25. The number of methoxy groups -OCH3 is 1. The molecule has 0 radical (unpaired) electrons. The highest BCUT2D eigenvalue weighted by molar-refractivity contribution is 5.65. The van der Waals surface area contributed by atoms with E-state index >= 15 is 0 Å². The molecule has 0 amide bonds. The van der Waals surface area contributed by atoms with Crippen molar-refractivity contribution in [3.8, 4) is 11.3 Å². The van der Waals surface area contributed by atoms with Gasteiger partial charge < -0.3 is 10.1 Å². The Labute approximate surface area is 116 Å². The Kier molecular flexibility index (Phi) is 4.80. The van der Waals surface area contributed by atoms with Crippen LogP contribution in [-0.4, -0.2) is 35.4 Å². The third-order valence-corrected chi connectivity index (χ3v) is 2.86. The summed E-state index contributed by atoms with van der Waals surface area (Å²) in [4.78, 5) is 10.4. The number of nitrogens with zero attached hydrogens (tertiary/aromatic N) is 2. The number of non-ortho nitro benzene ring substituents is 1. The van der Waals surface area contributed by atoms with E-state index in [0.29, 0.717) is 13.2 Å². The van der Waals surface area contributed by atoms with Crippen LogP contribution in [0, 0.1) is 10.1 Å². The van der Waals surface area contributed by atoms with Gasteiger partial charge >= 0.3 is 0 Å². The van der Waals surface area contributed by atoms with E-state index in [9.17, 15) is 10.1 Å². The molecule has 0 atom stereocenters. The SMILES string of the molecule is COCCNCc1cn[nH]c1-c1cccc([N+](=O)[O-])c1. The van der Waals surface area contributed by atoms with Gasteiger partial charge in [0.1, 0.15) is 0 Å². The van der Waals surface area contributed by atoms with Gasteiger partial charge in [-0.15, -0.1) is 0 Å². The predicted octanol–water partition coefficient (Wildman–Crippen LogP) is 1.72. The molecule has 0 bridgehead atoms. The summed E-state index contributed by atoms with van der Waals surface area (Å²) in [6.07, 6.45) is 1.72. The lowest BCUT2D eigenvalue weighted by molar-refractivity contribution is -0.384. The molecule has 0 aliphatic carbocycles. The number of rotatable bonds is 7. The number of nitrogens with one attached hydrogen (secondary N) is 2. The van der Waals surface area contributed by atoms with Gasteiger partial charge in [0.15, 0.2) is 0 Å². The van der Waals surface area contributed by atoms with Crippen LogP contribution in [0.15, 0.2) is 30.5 Å². The smallest absolute Gasteiger partial charge is 0.270 e. The highest BCUT2D eigenvalue weighted by Gasteiger charge is 2.11. The predicted molar refractivity (Wildman–Crippen MR) is 74.3 cm³/mol. The zero-order chi connectivity index (χ0) is 14.4. The highest BCUT2D eigenvalue weighted by Crippen LogP contribution is 2.24. The van der Waals surface area contributed by atoms with Gasteiger partial charge in [0.2, 0.25) is 0 Å². The number of ether oxygens (including phenoxy) is 1. The summed E-state index contributed by atoms with van der Waals surface area (Å²) >= 11 is 0. The second kappa shape index (κ2) is 6.78. The Hall–Kier alpha value is -2.25. The van der Waals surface area contributed by atoms with Crippen molar-refractivity contribution in [1.29, 1.82) is 0 Å². The molecule has 0 fully saturated rings. The molecule has 0 spiro atoms. The van der Waals surface area contributed by atoms with Gasteiger partial charge in [-0.2, -0.15) is 5.10 Å². The summed E-state index contributed by atoms with van der Waals surface area (Å²) < 4.78 is 4.96. The quantitative estimate of drug-likeness (QED) is 0.456. The van der Waals surface area contributed by atoms with Gasteiger partial charge in [-0.3, -0.25) is 15.2 Å². The molecule has 0 saturated carbocycles. The van der Waals surface area contributed by atoms with E-state index in [2.05, 4.69) is 15.5 Å². The lowest BCUT2D eigenvalue weighted by Gasteiger charge is -2.05. The number of aromatic nitrogens is 2. The second-order valence-electron chi connectivity index (χ2n) is 4.25. The van der Waals surface area contributed by atoms with Crippen LogP contribution >= 0.6 is 0 Å². The Morgan fingerprint density at radius 2 is 2.35 bits per heavy atom. The van der Waals surface area contributed by atoms with E-state index in [1.165, 1.54) is 12.1 Å². The van der Waals surface area contributed by atoms with Crippen LogP contribution in [0.3, 0.4) is 0 Å². The molecule has 1 aromatic heterocycles. The first kappa shape index (κ1) is 14.2. The average Bonchev–Trinajstić information content (AvgIpc) is 2.92. The number of hydrogen-bond donors (Lipinski definition) is 2. The molecule has 106 valence electrons. The molecule has 0 aliphatic rings. The van der Waals surface area contributed by atoms with Crippen molar-refractivity contribution in [2.24, 2.45) is 0 Å². The number of nitro groups is 1. The number of H-pyrrole nitrogens is 1. The van der Waals surface area contributed by atoms with Crippen molar-refractivity contribution in [2.75, 3.05) is 20.3 Å². The first-order valence-electron chi connectivity index (χ1n) is 6.19. The van der Waals surface area contributed by atoms with Crippen LogP contribution < -0.4 is 5.32 Å². The summed E-state index contributed by atoms with van der Waals surface area (Å²) in [6, 6.07) is 6.48. The molecule has 0 aliphatic heterocycles. The molecule has 7 heteroatoms. The lowest BCUT2D eigenvalue weighted by Crippen LogP contribution is -2.18. The van der Waals surface area contributed by atoms with Crippen molar-refractivity contribution in [1.82, 2.24) is 15.5 Å². The van der Waals surface area contributed by atoms with Crippen molar-refractivity contribution < 1.29 is 9.66 Å². The minimum atomic E-state index is -0.406. The van der Waals surface area contributed by atoms with Gasteiger partial charge in [-0.25, -0.2) is 0 Å². The molecule has 1 heterocycles. The van der Waals surface area contributed by atoms with Crippen LogP contribution in [0.5, 0.6) is 0 Å². The normalized spacial score (nSPS) is 10.7. The molecule has 1 aromatic carbocycles. The number of aromatic amines is 1. The fraction of sp³-hybridized carbons (Fsp3) is 0.308. The summed E-state index contributed by atoms with van der Waals surface area (Å²) in [5.41, 5.74) is 2.57. The van der Waals surface area contributed by atoms with Gasteiger partial charge in [-0.1, -0.05) is 12.1 Å². The summed E-state index contributed by atoms with van der Waals surface area (Å²) in [5.74, 6) is 0. The van der Waals surface area contributed by atoms with E-state index < -0.39 is 4.92 Å². The first-order valence-corrected chi connectivity index (χ1v) is 6.19. The maximum absolute atomic E-state index is 10.8. The van der Waals surface area contributed by atoms with E-state index in [0.717, 1.165) is 23.4 Å². The number of benzene rings is 1. The maximum atomic E-state index is 10.8. The first-order chi connectivity index (χ1) is 9.72. The van der Waals surface area contributed by atoms with Crippen molar-refractivity contribution in [3.05, 3.63) is 46.1 Å². The number of hydrogen-bond acceptors (Lipinski definition) is 5. The Morgan fingerprint density at radius 3 is 3.10 bits per heavy atom. The third-order valence-electron chi connectivity index (χ3n) is 2.86. The molecule has 2 aromatic rings. The maximum Gasteiger partial charge on any atom is 0.270 e. The van der Waals surface area contributed by atoms with E-state index in [4.69, 9.17) is 4.74 Å². The number of nitro benzene ring substituents is 1. The van der Waals surface area contributed by atoms with Gasteiger partial charge in [-0.05, 0) is 0 Å². The standard InChI is InChI=1S/C13H16N4O3/c1-20-6-5-14-8-11-9-15-16-13(11)10-3-2-4-12(7-10)17(18)19/h2-4,7,9,14H,5-6,8H2,1H3,(H,15,16). The Morgan fingerprint density at radius 1 is 1.50 bits per heavy atom. The fourth-order valence-electron chi connectivity index (χ4n) is 1.87. The van der Waals surface area contributed by atoms with Gasteiger partial charge in [0.05, 0.1) is 23.4 Å². The molecule has 7 nitrogen and oxygen atoms in total. The molecular weight excluding hydrogens is 260 g/mol. The van der Waals surface area contributed by atoms with Crippen molar-refractivity contribution >= 4 is 5.69 Å². The van der Waals surface area contributed by atoms with Crippen LogP contribution in [-0.2, 0) is 11.3 Å². The van der Waals surface area contributed by atoms with E-state index in [1.54, 1.807) is 19.4 Å². The minimum absolute atomic E-state index is 0.0652. The summed E-state index contributed by atoms with van der Waals surface area (Å²) in [7, 11) is 1.65. The van der Waals surface area contributed by atoms with Crippen molar-refractivity contribution in [3.63, 3.8) is 0 Å². The topological polar surface area (TPSA) is 93.1 Å². The fourth-order valence-corrected chi connectivity index (χ4v) is 1.87. The average molecular weight is 276 g/mol. The summed E-state index contributed by atoms with van der Waals surface area (Å²) in [5, 5.41) is 20.9. The Bertz CT molecular complexity index is 583. The third kappa shape index (κ3) is 3.40. The van der Waals surface area contributed by atoms with E-state index in [1.807, 2.05) is 6.07 Å². The lowest BCUT2D eigenvalue weighted by atomic mass is 10.1.